The largest absolute Gasteiger partial charge is 0.354 e. The summed E-state index contributed by atoms with van der Waals surface area (Å²) in [6.45, 7) is 4.28. The maximum absolute atomic E-state index is 13.0. The molecule has 0 saturated carbocycles. The molecule has 0 spiro atoms. The van der Waals surface area contributed by atoms with E-state index >= 15 is 0 Å². The summed E-state index contributed by atoms with van der Waals surface area (Å²) in [5, 5.41) is 14.6. The van der Waals surface area contributed by atoms with E-state index < -0.39 is 6.04 Å². The molecule has 0 aliphatic carbocycles. The Bertz CT molecular complexity index is 1150. The average molecular weight is 416 g/mol. The second-order valence-electron chi connectivity index (χ2n) is 7.45. The standard InChI is InChI=1S/C23H25N7O/c1-16-14-17(2)26-23(25-16)27-19(15-18-8-4-3-5-9-18)22(31)24-12-11-21-29-28-20-10-6-7-13-30(20)21/h3-10,13-14,19H,11-12,15H2,1-2H3,(H,24,31)(H,25,26,27). The smallest absolute Gasteiger partial charge is 0.242 e. The van der Waals surface area contributed by atoms with E-state index in [0.29, 0.717) is 25.3 Å². The zero-order valence-corrected chi connectivity index (χ0v) is 17.6. The van der Waals surface area contributed by atoms with Crippen molar-refractivity contribution in [2.45, 2.75) is 32.7 Å². The van der Waals surface area contributed by atoms with E-state index in [4.69, 9.17) is 0 Å². The lowest BCUT2D eigenvalue weighted by molar-refractivity contribution is -0.121. The van der Waals surface area contributed by atoms with E-state index in [9.17, 15) is 4.79 Å². The van der Waals surface area contributed by atoms with Gasteiger partial charge in [-0.25, -0.2) is 9.97 Å². The van der Waals surface area contributed by atoms with E-state index in [1.807, 2.05) is 79.0 Å². The van der Waals surface area contributed by atoms with Crippen molar-refractivity contribution >= 4 is 17.5 Å². The molecule has 1 unspecified atom stereocenters. The highest BCUT2D eigenvalue weighted by molar-refractivity contribution is 5.84. The van der Waals surface area contributed by atoms with Gasteiger partial charge in [-0.2, -0.15) is 0 Å². The first-order chi connectivity index (χ1) is 15.1. The van der Waals surface area contributed by atoms with E-state index in [-0.39, 0.29) is 5.91 Å². The monoisotopic (exact) mass is 415 g/mol. The maximum Gasteiger partial charge on any atom is 0.242 e. The molecule has 1 amide bonds. The number of hydrogen-bond donors (Lipinski definition) is 2. The van der Waals surface area contributed by atoms with Gasteiger partial charge in [-0.1, -0.05) is 36.4 Å². The predicted molar refractivity (Wildman–Crippen MR) is 119 cm³/mol. The number of carbonyl (C=O) groups is 1. The van der Waals surface area contributed by atoms with Crippen LogP contribution in [0.5, 0.6) is 0 Å². The summed E-state index contributed by atoms with van der Waals surface area (Å²) in [6.07, 6.45) is 3.02. The normalized spacial score (nSPS) is 11.9. The molecule has 0 bridgehead atoms. The highest BCUT2D eigenvalue weighted by atomic mass is 16.2. The molecule has 0 saturated heterocycles. The van der Waals surface area contributed by atoms with Crippen molar-refractivity contribution in [3.8, 4) is 0 Å². The number of rotatable bonds is 8. The van der Waals surface area contributed by atoms with Gasteiger partial charge in [0, 0.05) is 37.0 Å². The van der Waals surface area contributed by atoms with Gasteiger partial charge in [0.25, 0.3) is 0 Å². The summed E-state index contributed by atoms with van der Waals surface area (Å²) in [7, 11) is 0. The minimum atomic E-state index is -0.501. The lowest BCUT2D eigenvalue weighted by atomic mass is 10.1. The van der Waals surface area contributed by atoms with Gasteiger partial charge in [0.1, 0.15) is 11.9 Å². The molecule has 3 heterocycles. The number of fused-ring (bicyclic) bond motifs is 1. The number of nitrogens with zero attached hydrogens (tertiary/aromatic N) is 5. The van der Waals surface area contributed by atoms with E-state index in [1.165, 1.54) is 0 Å². The van der Waals surface area contributed by atoms with E-state index in [2.05, 4.69) is 30.8 Å². The molecule has 31 heavy (non-hydrogen) atoms. The summed E-state index contributed by atoms with van der Waals surface area (Å²) in [5.41, 5.74) is 3.56. The van der Waals surface area contributed by atoms with Gasteiger partial charge < -0.3 is 10.6 Å². The molecule has 2 N–H and O–H groups in total. The highest BCUT2D eigenvalue weighted by Crippen LogP contribution is 2.10. The summed E-state index contributed by atoms with van der Waals surface area (Å²) in [6, 6.07) is 17.1. The van der Waals surface area contributed by atoms with Crippen LogP contribution in [0.15, 0.2) is 60.8 Å². The molecule has 0 aliphatic rings. The lowest BCUT2D eigenvalue weighted by Crippen LogP contribution is -2.42. The topological polar surface area (TPSA) is 97.1 Å². The minimum absolute atomic E-state index is 0.111. The van der Waals surface area contributed by atoms with Gasteiger partial charge in [-0.15, -0.1) is 10.2 Å². The Kier molecular flexibility index (Phi) is 6.16. The van der Waals surface area contributed by atoms with Gasteiger partial charge in [-0.05, 0) is 37.6 Å². The Hall–Kier alpha value is -3.81. The molecule has 1 atom stereocenters. The van der Waals surface area contributed by atoms with Gasteiger partial charge in [0.15, 0.2) is 5.65 Å². The SMILES string of the molecule is Cc1cc(C)nc(NC(Cc2ccccc2)C(=O)NCCc2nnc3ccccn23)n1. The average Bonchev–Trinajstić information content (AvgIpc) is 3.16. The number of pyridine rings is 1. The summed E-state index contributed by atoms with van der Waals surface area (Å²) in [5.74, 6) is 1.15. The Labute approximate surface area is 180 Å². The molecule has 8 nitrogen and oxygen atoms in total. The van der Waals surface area contributed by atoms with E-state index in [1.54, 1.807) is 0 Å². The van der Waals surface area contributed by atoms with Crippen LogP contribution >= 0.6 is 0 Å². The molecule has 0 fully saturated rings. The quantitative estimate of drug-likeness (QED) is 0.459. The first-order valence-electron chi connectivity index (χ1n) is 10.3. The van der Waals surface area contributed by atoms with Crippen LogP contribution in [-0.2, 0) is 17.6 Å². The van der Waals surface area contributed by atoms with Crippen molar-refractivity contribution < 1.29 is 4.79 Å². The van der Waals surface area contributed by atoms with Crippen molar-refractivity contribution in [3.05, 3.63) is 83.6 Å². The van der Waals surface area contributed by atoms with Gasteiger partial charge >= 0.3 is 0 Å². The van der Waals surface area contributed by atoms with Crippen LogP contribution in [-0.4, -0.2) is 43.1 Å². The third kappa shape index (κ3) is 5.22. The summed E-state index contributed by atoms with van der Waals surface area (Å²) in [4.78, 5) is 21.9. The van der Waals surface area contributed by atoms with Crippen LogP contribution in [0.25, 0.3) is 5.65 Å². The van der Waals surface area contributed by atoms with Crippen molar-refractivity contribution in [1.29, 1.82) is 0 Å². The van der Waals surface area contributed by atoms with Crippen molar-refractivity contribution in [1.82, 2.24) is 29.9 Å². The lowest BCUT2D eigenvalue weighted by Gasteiger charge is -2.19. The van der Waals surface area contributed by atoms with Crippen molar-refractivity contribution in [2.75, 3.05) is 11.9 Å². The fraction of sp³-hybridized carbons (Fsp3) is 0.261. The van der Waals surface area contributed by atoms with Gasteiger partial charge in [-0.3, -0.25) is 9.20 Å². The molecule has 158 valence electrons. The number of nitrogens with one attached hydrogen (secondary N) is 2. The first-order valence-corrected chi connectivity index (χ1v) is 10.3. The number of hydrogen-bond acceptors (Lipinski definition) is 6. The predicted octanol–water partition coefficient (Wildman–Crippen LogP) is 2.52. The Morgan fingerprint density at radius 3 is 2.52 bits per heavy atom. The number of benzene rings is 1. The van der Waals surface area contributed by atoms with Crippen molar-refractivity contribution in [2.24, 2.45) is 0 Å². The fourth-order valence-corrected chi connectivity index (χ4v) is 3.49. The molecule has 4 rings (SSSR count). The third-order valence-corrected chi connectivity index (χ3v) is 4.92. The van der Waals surface area contributed by atoms with Gasteiger partial charge in [0.2, 0.25) is 11.9 Å². The third-order valence-electron chi connectivity index (χ3n) is 4.92. The molecular formula is C23H25N7O. The fourth-order valence-electron chi connectivity index (χ4n) is 3.49. The molecule has 4 aromatic rings. The Morgan fingerprint density at radius 2 is 1.74 bits per heavy atom. The van der Waals surface area contributed by atoms with Gasteiger partial charge in [0.05, 0.1) is 0 Å². The second-order valence-corrected chi connectivity index (χ2v) is 7.45. The van der Waals surface area contributed by atoms with Crippen molar-refractivity contribution in [3.63, 3.8) is 0 Å². The maximum atomic E-state index is 13.0. The summed E-state index contributed by atoms with van der Waals surface area (Å²) >= 11 is 0. The zero-order chi connectivity index (χ0) is 21.6. The number of aromatic nitrogens is 5. The number of amides is 1. The minimum Gasteiger partial charge on any atom is -0.354 e. The molecule has 0 aliphatic heterocycles. The molecule has 0 radical (unpaired) electrons. The van der Waals surface area contributed by atoms with Crippen LogP contribution in [0.1, 0.15) is 22.8 Å². The van der Waals surface area contributed by atoms with Crippen LogP contribution in [0.3, 0.4) is 0 Å². The highest BCUT2D eigenvalue weighted by Gasteiger charge is 2.20. The molecule has 3 aromatic heterocycles. The van der Waals surface area contributed by atoms with E-state index in [0.717, 1.165) is 28.4 Å². The summed E-state index contributed by atoms with van der Waals surface area (Å²) < 4.78 is 1.93. The Balaban J connectivity index is 1.45. The molecule has 8 heteroatoms. The number of carbonyl (C=O) groups excluding carboxylic acids is 1. The van der Waals surface area contributed by atoms with Crippen LogP contribution in [0, 0.1) is 13.8 Å². The zero-order valence-electron chi connectivity index (χ0n) is 17.6. The second kappa shape index (κ2) is 9.34. The van der Waals surface area contributed by atoms with Crippen LogP contribution < -0.4 is 10.6 Å². The van der Waals surface area contributed by atoms with Crippen LogP contribution in [0.2, 0.25) is 0 Å². The molecule has 1 aromatic carbocycles. The number of aryl methyl sites for hydroxylation is 2. The number of anilines is 1. The molecular weight excluding hydrogens is 390 g/mol. The Morgan fingerprint density at radius 1 is 1.00 bits per heavy atom. The first kappa shape index (κ1) is 20.5. The van der Waals surface area contributed by atoms with Crippen LogP contribution in [0.4, 0.5) is 5.95 Å².